The molecule has 2 aromatic heterocycles. The largest absolute Gasteiger partial charge is 0.428 e. The van der Waals surface area contributed by atoms with E-state index < -0.39 is 17.3 Å². The summed E-state index contributed by atoms with van der Waals surface area (Å²) in [4.78, 5) is 25.7. The fourth-order valence-corrected chi connectivity index (χ4v) is 5.54. The molecule has 0 spiro atoms. The molecule has 1 fully saturated rings. The van der Waals surface area contributed by atoms with Crippen LogP contribution in [-0.2, 0) is 17.4 Å². The third-order valence-electron chi connectivity index (χ3n) is 7.42. The smallest absolute Gasteiger partial charge is 0.411 e. The molecule has 1 N–H and O–H groups in total. The molecule has 0 radical (unpaired) electrons. The summed E-state index contributed by atoms with van der Waals surface area (Å²) in [5.41, 5.74) is 2.33. The van der Waals surface area contributed by atoms with Crippen molar-refractivity contribution < 1.29 is 14.6 Å². The highest BCUT2D eigenvalue weighted by atomic mass is 35.5. The number of aliphatic hydroxyl groups is 1. The van der Waals surface area contributed by atoms with Gasteiger partial charge in [-0.25, -0.2) is 9.78 Å². The second-order valence-electron chi connectivity index (χ2n) is 10.6. The minimum atomic E-state index is -1.37. The minimum Gasteiger partial charge on any atom is -0.428 e. The van der Waals surface area contributed by atoms with E-state index in [1.807, 2.05) is 54.1 Å². The van der Waals surface area contributed by atoms with Crippen LogP contribution in [0.15, 0.2) is 49.1 Å². The number of ether oxygens (including phenoxy) is 1. The van der Waals surface area contributed by atoms with E-state index in [-0.39, 0.29) is 6.04 Å². The molecular formula is C29H31ClN6O3. The predicted molar refractivity (Wildman–Crippen MR) is 148 cm³/mol. The van der Waals surface area contributed by atoms with Crippen molar-refractivity contribution in [1.29, 1.82) is 5.26 Å². The summed E-state index contributed by atoms with van der Waals surface area (Å²) in [6.45, 7) is 6.93. The van der Waals surface area contributed by atoms with Crippen LogP contribution in [0.3, 0.4) is 0 Å². The first-order valence-electron chi connectivity index (χ1n) is 12.8. The lowest BCUT2D eigenvalue weighted by atomic mass is 9.84. The number of imidazole rings is 1. The number of carbonyl (C=O) groups excluding carboxylic acids is 1. The summed E-state index contributed by atoms with van der Waals surface area (Å²) in [6.07, 6.45) is 6.60. The number of aryl methyl sites for hydroxylation is 1. The predicted octanol–water partition coefficient (Wildman–Crippen LogP) is 4.38. The second-order valence-corrected chi connectivity index (χ2v) is 11.1. The zero-order valence-electron chi connectivity index (χ0n) is 22.4. The van der Waals surface area contributed by atoms with Crippen LogP contribution in [0, 0.1) is 11.3 Å². The Morgan fingerprint density at radius 1 is 1.21 bits per heavy atom. The topological polar surface area (TPSA) is 108 Å². The number of fused-ring (bicyclic) bond motifs is 2. The van der Waals surface area contributed by atoms with Gasteiger partial charge in [0.2, 0.25) is 0 Å². The number of benzene rings is 1. The fourth-order valence-electron chi connectivity index (χ4n) is 5.37. The van der Waals surface area contributed by atoms with E-state index in [1.54, 1.807) is 44.4 Å². The van der Waals surface area contributed by atoms with E-state index >= 15 is 0 Å². The number of carbonyl (C=O) groups is 1. The summed E-state index contributed by atoms with van der Waals surface area (Å²) in [5, 5.41) is 21.8. The van der Waals surface area contributed by atoms with Crippen LogP contribution < -0.4 is 0 Å². The van der Waals surface area contributed by atoms with Crippen LogP contribution in [0.5, 0.6) is 0 Å². The number of piperazine rings is 1. The normalized spacial score (nSPS) is 19.2. The van der Waals surface area contributed by atoms with Crippen LogP contribution in [0.4, 0.5) is 4.79 Å². The second kappa shape index (κ2) is 10.1. The lowest BCUT2D eigenvalue weighted by molar-refractivity contribution is 0.0278. The third-order valence-corrected chi connectivity index (χ3v) is 7.65. The quantitative estimate of drug-likeness (QED) is 0.517. The maximum atomic E-state index is 12.7. The molecular weight excluding hydrogens is 516 g/mol. The number of rotatable bonds is 4. The van der Waals surface area contributed by atoms with Gasteiger partial charge < -0.3 is 19.3 Å². The zero-order valence-corrected chi connectivity index (χ0v) is 23.2. The molecule has 0 bridgehead atoms. The molecule has 1 amide bonds. The van der Waals surface area contributed by atoms with Gasteiger partial charge in [0.15, 0.2) is 5.60 Å². The SMILES string of the molecule is Cn1cncc1C(C)(O)C1=Cc2cccnc2[C@@H](N2CCN(C(=O)OC(C)(C)C#N)CC2)c2ccc(Cl)cc21. The Morgan fingerprint density at radius 3 is 2.62 bits per heavy atom. The maximum absolute atomic E-state index is 12.7. The van der Waals surface area contributed by atoms with Crippen molar-refractivity contribution in [3.8, 4) is 6.07 Å². The first kappa shape index (κ1) is 26.9. The Balaban J connectivity index is 1.55. The van der Waals surface area contributed by atoms with Gasteiger partial charge in [-0.1, -0.05) is 23.7 Å². The van der Waals surface area contributed by atoms with Gasteiger partial charge >= 0.3 is 6.09 Å². The van der Waals surface area contributed by atoms with Gasteiger partial charge in [0.1, 0.15) is 11.7 Å². The molecule has 5 rings (SSSR count). The highest BCUT2D eigenvalue weighted by Gasteiger charge is 2.39. The molecule has 2 aliphatic rings. The van der Waals surface area contributed by atoms with E-state index in [2.05, 4.69) is 9.88 Å². The van der Waals surface area contributed by atoms with Gasteiger partial charge in [0.25, 0.3) is 0 Å². The lowest BCUT2D eigenvalue weighted by Crippen LogP contribution is -2.51. The van der Waals surface area contributed by atoms with E-state index in [0.29, 0.717) is 42.5 Å². The summed E-state index contributed by atoms with van der Waals surface area (Å²) in [5.74, 6) is 0. The zero-order chi connectivity index (χ0) is 27.9. The van der Waals surface area contributed by atoms with Crippen LogP contribution >= 0.6 is 11.6 Å². The number of amides is 1. The summed E-state index contributed by atoms with van der Waals surface area (Å²) < 4.78 is 7.20. The molecule has 3 aromatic rings. The number of pyridine rings is 1. The number of hydrogen-bond donors (Lipinski definition) is 1. The summed E-state index contributed by atoms with van der Waals surface area (Å²) >= 11 is 6.53. The van der Waals surface area contributed by atoms with Gasteiger partial charge in [-0.2, -0.15) is 5.26 Å². The standard InChI is InChI=1S/C29H31ClN6O3/c1-28(2,17-31)39-27(37)36-12-10-35(11-13-36)26-21-8-7-20(30)15-22(21)23(14-19-6-5-9-33-25(19)26)29(3,38)24-16-32-18-34(24)4/h5-9,14-16,18,26,38H,10-13H2,1-4H3/t26-,29?/m0/s1. The third kappa shape index (κ3) is 5.03. The maximum Gasteiger partial charge on any atom is 0.411 e. The highest BCUT2D eigenvalue weighted by Crippen LogP contribution is 2.46. The molecule has 39 heavy (non-hydrogen) atoms. The van der Waals surface area contributed by atoms with Gasteiger partial charge in [0, 0.05) is 44.4 Å². The van der Waals surface area contributed by atoms with Crippen LogP contribution in [-0.4, -0.2) is 67.3 Å². The molecule has 10 heteroatoms. The van der Waals surface area contributed by atoms with Crippen molar-refractivity contribution in [2.75, 3.05) is 26.2 Å². The molecule has 202 valence electrons. The molecule has 2 atom stereocenters. The number of nitrogens with zero attached hydrogens (tertiary/aromatic N) is 6. The molecule has 1 aromatic carbocycles. The van der Waals surface area contributed by atoms with E-state index in [9.17, 15) is 15.2 Å². The van der Waals surface area contributed by atoms with E-state index in [1.165, 1.54) is 0 Å². The van der Waals surface area contributed by atoms with Gasteiger partial charge in [0.05, 0.1) is 30.0 Å². The molecule has 1 saturated heterocycles. The Kier molecular flexibility index (Phi) is 6.97. The van der Waals surface area contributed by atoms with Crippen molar-refractivity contribution in [3.63, 3.8) is 0 Å². The van der Waals surface area contributed by atoms with Crippen molar-refractivity contribution in [2.45, 2.75) is 38.0 Å². The number of aromatic nitrogens is 3. The van der Waals surface area contributed by atoms with Crippen molar-refractivity contribution in [1.82, 2.24) is 24.3 Å². The number of halogens is 1. The first-order valence-corrected chi connectivity index (χ1v) is 13.2. The van der Waals surface area contributed by atoms with Gasteiger partial charge in [-0.3, -0.25) is 9.88 Å². The van der Waals surface area contributed by atoms with E-state index in [0.717, 1.165) is 22.4 Å². The van der Waals surface area contributed by atoms with Crippen LogP contribution in [0.1, 0.15) is 54.9 Å². The van der Waals surface area contributed by atoms with Crippen molar-refractivity contribution >= 4 is 29.3 Å². The molecule has 1 unspecified atom stereocenters. The monoisotopic (exact) mass is 546 g/mol. The van der Waals surface area contributed by atoms with Gasteiger partial charge in [-0.15, -0.1) is 0 Å². The van der Waals surface area contributed by atoms with Crippen LogP contribution in [0.25, 0.3) is 11.6 Å². The first-order chi connectivity index (χ1) is 18.5. The molecule has 3 heterocycles. The van der Waals surface area contributed by atoms with Crippen molar-refractivity contribution in [2.24, 2.45) is 7.05 Å². The van der Waals surface area contributed by atoms with E-state index in [4.69, 9.17) is 21.3 Å². The Labute approximate surface area is 232 Å². The Hall–Kier alpha value is -3.71. The fraction of sp³-hybridized carbons (Fsp3) is 0.379. The highest BCUT2D eigenvalue weighted by molar-refractivity contribution is 6.30. The molecule has 1 aliphatic carbocycles. The number of hydrogen-bond acceptors (Lipinski definition) is 7. The van der Waals surface area contributed by atoms with Crippen molar-refractivity contribution in [3.05, 3.63) is 82.2 Å². The average Bonchev–Trinajstić information content (AvgIpc) is 3.29. The molecule has 0 saturated carbocycles. The van der Waals surface area contributed by atoms with Gasteiger partial charge in [-0.05, 0) is 67.3 Å². The molecule has 1 aliphatic heterocycles. The Bertz CT molecular complexity index is 1480. The molecule has 9 nitrogen and oxygen atoms in total. The summed E-state index contributed by atoms with van der Waals surface area (Å²) in [7, 11) is 1.85. The lowest BCUT2D eigenvalue weighted by Gasteiger charge is -2.40. The minimum absolute atomic E-state index is 0.238. The van der Waals surface area contributed by atoms with Crippen LogP contribution in [0.2, 0.25) is 5.02 Å². The average molecular weight is 547 g/mol. The Morgan fingerprint density at radius 2 is 1.95 bits per heavy atom. The number of nitriles is 1. The summed E-state index contributed by atoms with van der Waals surface area (Å²) in [6, 6.07) is 11.4.